The summed E-state index contributed by atoms with van der Waals surface area (Å²) in [6, 6.07) is 7.62. The minimum Gasteiger partial charge on any atom is -0.497 e. The normalized spacial score (nSPS) is 27.7. The zero-order chi connectivity index (χ0) is 27.4. The van der Waals surface area contributed by atoms with E-state index in [0.29, 0.717) is 18.7 Å². The molecule has 1 aromatic rings. The Labute approximate surface area is 229 Å². The molecule has 0 aliphatic carbocycles. The Morgan fingerprint density at radius 3 is 2.51 bits per heavy atom. The Hall–Kier alpha value is -1.50. The molecule has 6 nitrogen and oxygen atoms in total. The molecule has 37 heavy (non-hydrogen) atoms. The maximum atomic E-state index is 13.1. The number of methoxy groups -OCH3 is 2. The van der Waals surface area contributed by atoms with Gasteiger partial charge in [0.1, 0.15) is 5.75 Å². The summed E-state index contributed by atoms with van der Waals surface area (Å²) in [7, 11) is 1.32. The van der Waals surface area contributed by atoms with Crippen LogP contribution in [0, 0.1) is 18.3 Å². The van der Waals surface area contributed by atoms with Crippen molar-refractivity contribution in [2.45, 2.75) is 102 Å². The number of thioether (sulfide) groups is 1. The SMILES string of the molecule is C#C[C@@H](C)CC[C@@H]1C[C@H](O[Si](C)(C)C(C)(C)C)C[C@](OC)([C@H]2CSC(=O)N2Cc2ccc(OC)cc2)O1. The minimum atomic E-state index is -2.03. The fourth-order valence-electron chi connectivity index (χ4n) is 4.85. The highest BCUT2D eigenvalue weighted by molar-refractivity contribution is 8.13. The van der Waals surface area contributed by atoms with Crippen molar-refractivity contribution in [2.24, 2.45) is 5.92 Å². The van der Waals surface area contributed by atoms with Gasteiger partial charge in [0.2, 0.25) is 0 Å². The van der Waals surface area contributed by atoms with Crippen molar-refractivity contribution < 1.29 is 23.4 Å². The first-order chi connectivity index (χ1) is 17.3. The first-order valence-corrected chi connectivity index (χ1v) is 17.2. The number of nitrogens with zero attached hydrogens (tertiary/aromatic N) is 1. The van der Waals surface area contributed by atoms with Crippen LogP contribution in [0.25, 0.3) is 0 Å². The van der Waals surface area contributed by atoms with Gasteiger partial charge in [-0.25, -0.2) is 0 Å². The van der Waals surface area contributed by atoms with E-state index in [1.54, 1.807) is 14.2 Å². The lowest BCUT2D eigenvalue weighted by atomic mass is 9.90. The lowest BCUT2D eigenvalue weighted by Gasteiger charge is -2.50. The molecule has 2 heterocycles. The highest BCUT2D eigenvalue weighted by Crippen LogP contribution is 2.45. The number of amides is 1. The van der Waals surface area contributed by atoms with Gasteiger partial charge >= 0.3 is 0 Å². The van der Waals surface area contributed by atoms with Crippen LogP contribution in [0.2, 0.25) is 18.1 Å². The predicted molar refractivity (Wildman–Crippen MR) is 153 cm³/mol. The molecule has 0 bridgehead atoms. The number of ether oxygens (including phenoxy) is 3. The van der Waals surface area contributed by atoms with Gasteiger partial charge in [-0.2, -0.15) is 0 Å². The Morgan fingerprint density at radius 1 is 1.27 bits per heavy atom. The number of carbonyl (C=O) groups is 1. The molecule has 0 aromatic heterocycles. The molecule has 0 spiro atoms. The van der Waals surface area contributed by atoms with E-state index in [1.807, 2.05) is 29.2 Å². The molecule has 3 rings (SSSR count). The summed E-state index contributed by atoms with van der Waals surface area (Å²) in [6.45, 7) is 13.9. The summed E-state index contributed by atoms with van der Waals surface area (Å²) < 4.78 is 25.3. The van der Waals surface area contributed by atoms with Crippen LogP contribution < -0.4 is 4.74 Å². The van der Waals surface area contributed by atoms with Crippen LogP contribution in [0.5, 0.6) is 5.75 Å². The van der Waals surface area contributed by atoms with E-state index in [1.165, 1.54) is 11.8 Å². The number of terminal acetylenes is 1. The number of benzene rings is 1. The van der Waals surface area contributed by atoms with Crippen molar-refractivity contribution in [3.63, 3.8) is 0 Å². The second-order valence-corrected chi connectivity index (χ2v) is 17.6. The molecule has 1 aromatic carbocycles. The molecule has 0 N–H and O–H groups in total. The summed E-state index contributed by atoms with van der Waals surface area (Å²) in [5.41, 5.74) is 1.04. The van der Waals surface area contributed by atoms with Crippen LogP contribution >= 0.6 is 11.8 Å². The van der Waals surface area contributed by atoms with Crippen LogP contribution in [0.3, 0.4) is 0 Å². The second kappa shape index (κ2) is 12.1. The van der Waals surface area contributed by atoms with Crippen molar-refractivity contribution in [2.75, 3.05) is 20.0 Å². The molecule has 2 fully saturated rings. The number of rotatable bonds is 10. The van der Waals surface area contributed by atoms with Gasteiger partial charge in [-0.15, -0.1) is 12.3 Å². The Morgan fingerprint density at radius 2 is 1.95 bits per heavy atom. The fraction of sp³-hybridized carbons (Fsp3) is 0.690. The van der Waals surface area contributed by atoms with Gasteiger partial charge in [0.05, 0.1) is 25.4 Å². The van der Waals surface area contributed by atoms with E-state index in [0.717, 1.165) is 30.6 Å². The zero-order valence-corrected chi connectivity index (χ0v) is 25.7. The van der Waals surface area contributed by atoms with Gasteiger partial charge in [0.25, 0.3) is 5.24 Å². The summed E-state index contributed by atoms with van der Waals surface area (Å²) in [5.74, 6) is 3.48. The fourth-order valence-corrected chi connectivity index (χ4v) is 7.31. The molecule has 2 aliphatic rings. The summed E-state index contributed by atoms with van der Waals surface area (Å²) in [5, 5.41) is 0.138. The summed E-state index contributed by atoms with van der Waals surface area (Å²) in [6.07, 6.45) is 8.71. The molecule has 0 unspecified atom stereocenters. The molecule has 1 amide bonds. The lowest BCUT2D eigenvalue weighted by molar-refractivity contribution is -0.303. The van der Waals surface area contributed by atoms with Crippen LogP contribution in [-0.2, 0) is 20.4 Å². The van der Waals surface area contributed by atoms with E-state index in [-0.39, 0.29) is 34.4 Å². The van der Waals surface area contributed by atoms with Gasteiger partial charge in [0, 0.05) is 31.7 Å². The minimum absolute atomic E-state index is 0.00993. The lowest BCUT2D eigenvalue weighted by Crippen LogP contribution is -2.61. The van der Waals surface area contributed by atoms with Crippen LogP contribution in [-0.4, -0.2) is 62.5 Å². The van der Waals surface area contributed by atoms with Crippen molar-refractivity contribution in [1.29, 1.82) is 0 Å². The number of carbonyl (C=O) groups excluding carboxylic acids is 1. The molecular weight excluding hydrogens is 502 g/mol. The third-order valence-corrected chi connectivity index (χ3v) is 13.7. The summed E-state index contributed by atoms with van der Waals surface area (Å²) >= 11 is 1.33. The van der Waals surface area contributed by atoms with Crippen molar-refractivity contribution in [3.8, 4) is 18.1 Å². The Balaban J connectivity index is 1.89. The van der Waals surface area contributed by atoms with Gasteiger partial charge in [-0.3, -0.25) is 4.79 Å². The largest absolute Gasteiger partial charge is 0.497 e. The third-order valence-electron chi connectivity index (χ3n) is 8.22. The number of hydrogen-bond acceptors (Lipinski definition) is 6. The molecule has 0 radical (unpaired) electrons. The van der Waals surface area contributed by atoms with E-state index < -0.39 is 14.1 Å². The van der Waals surface area contributed by atoms with Gasteiger partial charge in [-0.1, -0.05) is 51.6 Å². The first kappa shape index (κ1) is 30.0. The standard InChI is InChI=1S/C29H45NO5SSi/c1-10-21(2)11-14-24-17-25(35-37(8,9)28(3,4)5)18-29(33-7,34-24)26-20-36-27(31)30(26)19-22-12-15-23(32-6)16-13-22/h1,12-13,15-16,21,24-26H,11,14,17-20H2,2-9H3/t21-,24-,25+,26-,29-/m1/s1. The average molecular weight is 548 g/mol. The van der Waals surface area contributed by atoms with Crippen LogP contribution in [0.15, 0.2) is 24.3 Å². The third kappa shape index (κ3) is 7.13. The van der Waals surface area contributed by atoms with E-state index >= 15 is 0 Å². The van der Waals surface area contributed by atoms with Crippen molar-refractivity contribution >= 4 is 25.3 Å². The Bertz CT molecular complexity index is 957. The van der Waals surface area contributed by atoms with Gasteiger partial charge in [0.15, 0.2) is 14.1 Å². The smallest absolute Gasteiger partial charge is 0.282 e. The highest BCUT2D eigenvalue weighted by Gasteiger charge is 2.54. The first-order valence-electron chi connectivity index (χ1n) is 13.3. The molecule has 2 aliphatic heterocycles. The topological polar surface area (TPSA) is 57.2 Å². The van der Waals surface area contributed by atoms with Crippen LogP contribution in [0.4, 0.5) is 4.79 Å². The number of hydrogen-bond donors (Lipinski definition) is 0. The van der Waals surface area contributed by atoms with Gasteiger partial charge in [-0.05, 0) is 55.1 Å². The molecular formula is C29H45NO5SSi. The predicted octanol–water partition coefficient (Wildman–Crippen LogP) is 6.69. The van der Waals surface area contributed by atoms with Crippen molar-refractivity contribution in [3.05, 3.63) is 29.8 Å². The quantitative estimate of drug-likeness (QED) is 0.240. The highest BCUT2D eigenvalue weighted by atomic mass is 32.2. The molecule has 206 valence electrons. The molecule has 5 atom stereocenters. The van der Waals surface area contributed by atoms with Crippen LogP contribution in [0.1, 0.15) is 58.9 Å². The van der Waals surface area contributed by atoms with E-state index in [9.17, 15) is 4.79 Å². The van der Waals surface area contributed by atoms with E-state index in [2.05, 4.69) is 46.7 Å². The Kier molecular flexibility index (Phi) is 9.85. The molecule has 2 saturated heterocycles. The summed E-state index contributed by atoms with van der Waals surface area (Å²) in [4.78, 5) is 15.0. The molecule has 8 heteroatoms. The van der Waals surface area contributed by atoms with Crippen molar-refractivity contribution in [1.82, 2.24) is 4.90 Å². The maximum Gasteiger partial charge on any atom is 0.282 e. The van der Waals surface area contributed by atoms with Gasteiger partial charge < -0.3 is 23.5 Å². The second-order valence-electron chi connectivity index (χ2n) is 11.9. The maximum absolute atomic E-state index is 13.1. The zero-order valence-electron chi connectivity index (χ0n) is 23.8. The molecule has 0 saturated carbocycles. The average Bonchev–Trinajstić information content (AvgIpc) is 3.22. The monoisotopic (exact) mass is 547 g/mol. The van der Waals surface area contributed by atoms with E-state index in [4.69, 9.17) is 25.1 Å².